The zero-order chi connectivity index (χ0) is 23.2. The predicted octanol–water partition coefficient (Wildman–Crippen LogP) is 3.01. The molecule has 1 atom stereocenters. The van der Waals surface area contributed by atoms with Crippen LogP contribution < -0.4 is 5.32 Å². The van der Waals surface area contributed by atoms with Crippen LogP contribution >= 0.6 is 0 Å². The molecule has 0 aromatic heterocycles. The van der Waals surface area contributed by atoms with Gasteiger partial charge in [-0.3, -0.25) is 9.59 Å². The Labute approximate surface area is 192 Å². The second-order valence-electron chi connectivity index (χ2n) is 8.29. The summed E-state index contributed by atoms with van der Waals surface area (Å²) in [4.78, 5) is 37.1. The minimum atomic E-state index is -0.943. The molecule has 2 N–H and O–H groups in total. The van der Waals surface area contributed by atoms with Crippen LogP contribution in [0.5, 0.6) is 0 Å². The van der Waals surface area contributed by atoms with Crippen molar-refractivity contribution in [2.24, 2.45) is 0 Å². The highest BCUT2D eigenvalue weighted by Gasteiger charge is 2.29. The first-order valence-electron chi connectivity index (χ1n) is 11.2. The highest BCUT2D eigenvalue weighted by molar-refractivity contribution is 5.79. The molecule has 1 aliphatic heterocycles. The fourth-order valence-corrected chi connectivity index (χ4v) is 4.50. The summed E-state index contributed by atoms with van der Waals surface area (Å²) in [6, 6.07) is 16.3. The van der Waals surface area contributed by atoms with Crippen molar-refractivity contribution < 1.29 is 29.0 Å². The first-order chi connectivity index (χ1) is 16.0. The average Bonchev–Trinajstić information content (AvgIpc) is 3.14. The van der Waals surface area contributed by atoms with Gasteiger partial charge >= 0.3 is 12.1 Å². The molecule has 1 unspecified atom stereocenters. The Morgan fingerprint density at radius 3 is 2.39 bits per heavy atom. The number of carbonyl (C=O) groups excluding carboxylic acids is 2. The average molecular weight is 453 g/mol. The van der Waals surface area contributed by atoms with Crippen molar-refractivity contribution in [2.75, 3.05) is 32.8 Å². The Balaban J connectivity index is 1.19. The summed E-state index contributed by atoms with van der Waals surface area (Å²) >= 11 is 0. The molecular formula is C25H28N2O6. The van der Waals surface area contributed by atoms with E-state index in [1.165, 1.54) is 11.1 Å². The number of hydrogen-bond donors (Lipinski definition) is 2. The number of carboxylic acid groups (broad SMARTS) is 1. The molecule has 0 radical (unpaired) electrons. The number of hydrogen-bond acceptors (Lipinski definition) is 5. The Morgan fingerprint density at radius 1 is 1.06 bits per heavy atom. The largest absolute Gasteiger partial charge is 0.481 e. The van der Waals surface area contributed by atoms with E-state index in [1.807, 2.05) is 24.3 Å². The van der Waals surface area contributed by atoms with Crippen LogP contribution in [-0.2, 0) is 19.1 Å². The molecule has 1 heterocycles. The van der Waals surface area contributed by atoms with E-state index in [2.05, 4.69) is 29.6 Å². The summed E-state index contributed by atoms with van der Waals surface area (Å²) < 4.78 is 10.9. The highest BCUT2D eigenvalue weighted by atomic mass is 16.5. The monoisotopic (exact) mass is 452 g/mol. The Morgan fingerprint density at radius 2 is 1.73 bits per heavy atom. The van der Waals surface area contributed by atoms with Gasteiger partial charge in [-0.1, -0.05) is 48.5 Å². The van der Waals surface area contributed by atoms with Crippen LogP contribution in [-0.4, -0.2) is 66.9 Å². The minimum Gasteiger partial charge on any atom is -0.481 e. The van der Waals surface area contributed by atoms with Crippen LogP contribution in [0.15, 0.2) is 48.5 Å². The van der Waals surface area contributed by atoms with E-state index in [4.69, 9.17) is 14.6 Å². The Kier molecular flexibility index (Phi) is 7.24. The van der Waals surface area contributed by atoms with E-state index in [0.29, 0.717) is 26.1 Å². The summed E-state index contributed by atoms with van der Waals surface area (Å²) in [7, 11) is 0. The quantitative estimate of drug-likeness (QED) is 0.597. The van der Waals surface area contributed by atoms with Crippen molar-refractivity contribution >= 4 is 18.0 Å². The maximum Gasteiger partial charge on any atom is 0.407 e. The molecular weight excluding hydrogens is 424 g/mol. The van der Waals surface area contributed by atoms with E-state index in [-0.39, 0.29) is 37.8 Å². The van der Waals surface area contributed by atoms with Crippen molar-refractivity contribution in [3.63, 3.8) is 0 Å². The van der Waals surface area contributed by atoms with Crippen LogP contribution in [0.25, 0.3) is 11.1 Å². The number of morpholine rings is 1. The maximum atomic E-state index is 12.4. The second kappa shape index (κ2) is 10.5. The molecule has 4 rings (SSSR count). The fraction of sp³-hybridized carbons (Fsp3) is 0.400. The lowest BCUT2D eigenvalue weighted by Gasteiger charge is -2.32. The molecule has 1 fully saturated rings. The summed E-state index contributed by atoms with van der Waals surface area (Å²) in [5, 5.41) is 11.6. The fourth-order valence-electron chi connectivity index (χ4n) is 4.50. The van der Waals surface area contributed by atoms with Gasteiger partial charge in [-0.25, -0.2) is 4.79 Å². The number of nitrogens with one attached hydrogen (secondary N) is 1. The molecule has 8 nitrogen and oxygen atoms in total. The lowest BCUT2D eigenvalue weighted by atomic mass is 9.98. The van der Waals surface area contributed by atoms with Gasteiger partial charge in [0, 0.05) is 32.0 Å². The highest BCUT2D eigenvalue weighted by Crippen LogP contribution is 2.44. The summed E-state index contributed by atoms with van der Waals surface area (Å²) in [6.45, 7) is 1.64. The van der Waals surface area contributed by atoms with Crippen molar-refractivity contribution in [1.82, 2.24) is 10.2 Å². The number of nitrogens with zero attached hydrogens (tertiary/aromatic N) is 1. The second-order valence-corrected chi connectivity index (χ2v) is 8.29. The van der Waals surface area contributed by atoms with Gasteiger partial charge in [-0.2, -0.15) is 0 Å². The van der Waals surface area contributed by atoms with Gasteiger partial charge in [-0.15, -0.1) is 0 Å². The number of fused-ring (bicyclic) bond motifs is 3. The standard InChI is InChI=1S/C25H28N2O6/c28-23(27-12-13-32-17(15-27)14-24(29)30)10-5-11-26-25(31)33-16-22-20-8-3-1-6-18(20)19-7-2-4-9-21(19)22/h1-4,6-9,17,22H,5,10-16H2,(H,26,31)(H,29,30). The topological polar surface area (TPSA) is 105 Å². The molecule has 2 aromatic carbocycles. The van der Waals surface area contributed by atoms with E-state index in [0.717, 1.165) is 11.1 Å². The molecule has 8 heteroatoms. The SMILES string of the molecule is O=C(O)CC1CN(C(=O)CCCNC(=O)OCC2c3ccccc3-c3ccccc32)CCO1. The number of rotatable bonds is 8. The van der Waals surface area contributed by atoms with Crippen molar-refractivity contribution in [3.05, 3.63) is 59.7 Å². The number of alkyl carbamates (subject to hydrolysis) is 1. The van der Waals surface area contributed by atoms with Crippen molar-refractivity contribution in [3.8, 4) is 11.1 Å². The lowest BCUT2D eigenvalue weighted by Crippen LogP contribution is -2.46. The third-order valence-electron chi connectivity index (χ3n) is 6.07. The van der Waals surface area contributed by atoms with Gasteiger partial charge in [-0.05, 0) is 28.7 Å². The zero-order valence-electron chi connectivity index (χ0n) is 18.4. The molecule has 0 spiro atoms. The molecule has 0 saturated carbocycles. The van der Waals surface area contributed by atoms with Crippen molar-refractivity contribution in [1.29, 1.82) is 0 Å². The normalized spacial score (nSPS) is 17.2. The maximum absolute atomic E-state index is 12.4. The number of carboxylic acids is 1. The molecule has 2 aromatic rings. The number of aliphatic carboxylic acids is 1. The van der Waals surface area contributed by atoms with Crippen LogP contribution in [0.4, 0.5) is 4.79 Å². The van der Waals surface area contributed by atoms with Gasteiger partial charge < -0.3 is 24.8 Å². The summed E-state index contributed by atoms with van der Waals surface area (Å²) in [6.07, 6.45) is -0.350. The lowest BCUT2D eigenvalue weighted by molar-refractivity contribution is -0.147. The van der Waals surface area contributed by atoms with Gasteiger partial charge in [0.2, 0.25) is 5.91 Å². The van der Waals surface area contributed by atoms with E-state index in [9.17, 15) is 14.4 Å². The third kappa shape index (κ3) is 5.51. The third-order valence-corrected chi connectivity index (χ3v) is 6.07. The van der Waals surface area contributed by atoms with Crippen LogP contribution in [0.1, 0.15) is 36.3 Å². The first kappa shape index (κ1) is 22.8. The predicted molar refractivity (Wildman–Crippen MR) is 121 cm³/mol. The number of benzene rings is 2. The molecule has 1 saturated heterocycles. The van der Waals surface area contributed by atoms with E-state index < -0.39 is 18.2 Å². The Hall–Kier alpha value is -3.39. The molecule has 1 aliphatic carbocycles. The van der Waals surface area contributed by atoms with Crippen LogP contribution in [0.2, 0.25) is 0 Å². The molecule has 33 heavy (non-hydrogen) atoms. The minimum absolute atomic E-state index is 0.00444. The zero-order valence-corrected chi connectivity index (χ0v) is 18.4. The molecule has 2 amide bonds. The smallest absolute Gasteiger partial charge is 0.407 e. The van der Waals surface area contributed by atoms with E-state index >= 15 is 0 Å². The molecule has 174 valence electrons. The van der Waals surface area contributed by atoms with Gasteiger partial charge in [0.05, 0.1) is 19.1 Å². The summed E-state index contributed by atoms with van der Waals surface area (Å²) in [5.74, 6) is -1.01. The van der Waals surface area contributed by atoms with E-state index in [1.54, 1.807) is 4.90 Å². The van der Waals surface area contributed by atoms with Gasteiger partial charge in [0.25, 0.3) is 0 Å². The summed E-state index contributed by atoms with van der Waals surface area (Å²) in [5.41, 5.74) is 4.66. The van der Waals surface area contributed by atoms with Gasteiger partial charge in [0.1, 0.15) is 6.61 Å². The number of amides is 2. The molecule has 2 aliphatic rings. The number of ether oxygens (including phenoxy) is 2. The Bertz CT molecular complexity index is 978. The van der Waals surface area contributed by atoms with Gasteiger partial charge in [0.15, 0.2) is 0 Å². The molecule has 0 bridgehead atoms. The van der Waals surface area contributed by atoms with Crippen molar-refractivity contribution in [2.45, 2.75) is 31.3 Å². The van der Waals surface area contributed by atoms with Crippen LogP contribution in [0.3, 0.4) is 0 Å². The first-order valence-corrected chi connectivity index (χ1v) is 11.2. The van der Waals surface area contributed by atoms with Crippen LogP contribution in [0, 0.1) is 0 Å². The number of carbonyl (C=O) groups is 3.